The van der Waals surface area contributed by atoms with E-state index in [1.165, 1.54) is 0 Å². The second-order valence-electron chi connectivity index (χ2n) is 7.34. The van der Waals surface area contributed by atoms with Crippen LogP contribution in [0.5, 0.6) is 0 Å². The lowest BCUT2D eigenvalue weighted by Gasteiger charge is -2.16. The second kappa shape index (κ2) is 8.56. The van der Waals surface area contributed by atoms with Crippen LogP contribution in [0.2, 0.25) is 0 Å². The molecule has 0 radical (unpaired) electrons. The second-order valence-corrected chi connectivity index (χ2v) is 7.34. The molecule has 3 aromatic rings. The average molecular weight is 407 g/mol. The van der Waals surface area contributed by atoms with Gasteiger partial charge in [-0.15, -0.1) is 0 Å². The van der Waals surface area contributed by atoms with Gasteiger partial charge in [-0.25, -0.2) is 9.97 Å². The summed E-state index contributed by atoms with van der Waals surface area (Å²) in [6.45, 7) is 7.89. The zero-order chi connectivity index (χ0) is 21.1. The third-order valence-corrected chi connectivity index (χ3v) is 5.23. The molecule has 1 amide bonds. The third kappa shape index (κ3) is 4.00. The Labute approximate surface area is 175 Å². The Morgan fingerprint density at radius 3 is 2.73 bits per heavy atom. The van der Waals surface area contributed by atoms with Crippen LogP contribution < -0.4 is 5.32 Å². The van der Waals surface area contributed by atoms with Gasteiger partial charge in [0, 0.05) is 44.0 Å². The summed E-state index contributed by atoms with van der Waals surface area (Å²) < 4.78 is 5.62. The van der Waals surface area contributed by atoms with E-state index in [2.05, 4.69) is 32.3 Å². The standard InChI is InChI=1S/C21H25N7O2/c1-4-15-14(3)27-30-20(15)16-11-25-21(22-7-9-28-8-5-6-18(28)29)26-19(16)17-12-23-13(2)10-24-17/h10-12H,4-9H2,1-3H3,(H,22,25,26). The fraction of sp³-hybridized carbons (Fsp3) is 0.429. The van der Waals surface area contributed by atoms with Crippen LogP contribution >= 0.6 is 0 Å². The van der Waals surface area contributed by atoms with Crippen molar-refractivity contribution in [2.75, 3.05) is 25.0 Å². The van der Waals surface area contributed by atoms with Gasteiger partial charge in [0.1, 0.15) is 11.4 Å². The first-order chi connectivity index (χ1) is 14.6. The highest BCUT2D eigenvalue weighted by Gasteiger charge is 2.22. The molecule has 0 saturated carbocycles. The molecule has 30 heavy (non-hydrogen) atoms. The number of likely N-dealkylation sites (tertiary alicyclic amines) is 1. The molecule has 4 rings (SSSR count). The van der Waals surface area contributed by atoms with Gasteiger partial charge < -0.3 is 14.7 Å². The summed E-state index contributed by atoms with van der Waals surface area (Å²) in [5, 5.41) is 7.33. The highest BCUT2D eigenvalue weighted by Crippen LogP contribution is 2.33. The van der Waals surface area contributed by atoms with E-state index in [-0.39, 0.29) is 5.91 Å². The summed E-state index contributed by atoms with van der Waals surface area (Å²) in [4.78, 5) is 31.7. The minimum absolute atomic E-state index is 0.205. The summed E-state index contributed by atoms with van der Waals surface area (Å²) in [6, 6.07) is 0. The van der Waals surface area contributed by atoms with Crippen molar-refractivity contribution in [2.24, 2.45) is 0 Å². The van der Waals surface area contributed by atoms with Gasteiger partial charge in [-0.1, -0.05) is 12.1 Å². The molecule has 0 aliphatic carbocycles. The number of aromatic nitrogens is 5. The first kappa shape index (κ1) is 19.9. The zero-order valence-electron chi connectivity index (χ0n) is 17.5. The SMILES string of the molecule is CCc1c(C)noc1-c1cnc(NCCN2CCCC2=O)nc1-c1cnc(C)cn1. The van der Waals surface area contributed by atoms with Crippen molar-refractivity contribution < 1.29 is 9.32 Å². The minimum atomic E-state index is 0.205. The summed E-state index contributed by atoms with van der Waals surface area (Å²) >= 11 is 0. The lowest BCUT2D eigenvalue weighted by molar-refractivity contribution is -0.127. The van der Waals surface area contributed by atoms with Crippen LogP contribution in [0.3, 0.4) is 0 Å². The van der Waals surface area contributed by atoms with Crippen molar-refractivity contribution in [3.05, 3.63) is 35.5 Å². The fourth-order valence-electron chi connectivity index (χ4n) is 3.60. The Kier molecular flexibility index (Phi) is 5.69. The van der Waals surface area contributed by atoms with E-state index in [4.69, 9.17) is 9.51 Å². The maximum atomic E-state index is 11.8. The van der Waals surface area contributed by atoms with Crippen molar-refractivity contribution in [1.29, 1.82) is 0 Å². The number of anilines is 1. The molecule has 4 heterocycles. The van der Waals surface area contributed by atoms with Crippen LogP contribution in [0, 0.1) is 13.8 Å². The van der Waals surface area contributed by atoms with Gasteiger partial charge in [0.05, 0.1) is 23.1 Å². The monoisotopic (exact) mass is 407 g/mol. The maximum Gasteiger partial charge on any atom is 0.223 e. The van der Waals surface area contributed by atoms with Crippen LogP contribution in [0.15, 0.2) is 23.1 Å². The number of carbonyl (C=O) groups excluding carboxylic acids is 1. The molecule has 0 unspecified atom stereocenters. The Morgan fingerprint density at radius 1 is 1.17 bits per heavy atom. The fourth-order valence-corrected chi connectivity index (χ4v) is 3.60. The molecule has 1 saturated heterocycles. The Balaban J connectivity index is 1.64. The predicted octanol–water partition coefficient (Wildman–Crippen LogP) is 2.80. The Morgan fingerprint density at radius 2 is 2.03 bits per heavy atom. The molecule has 1 N–H and O–H groups in total. The molecule has 3 aromatic heterocycles. The highest BCUT2D eigenvalue weighted by molar-refractivity contribution is 5.78. The molecule has 0 spiro atoms. The third-order valence-electron chi connectivity index (χ3n) is 5.23. The summed E-state index contributed by atoms with van der Waals surface area (Å²) in [7, 11) is 0. The maximum absolute atomic E-state index is 11.8. The van der Waals surface area contributed by atoms with Gasteiger partial charge in [-0.2, -0.15) is 0 Å². The smallest absolute Gasteiger partial charge is 0.223 e. The summed E-state index contributed by atoms with van der Waals surface area (Å²) in [6.07, 6.45) is 7.48. The van der Waals surface area contributed by atoms with Gasteiger partial charge >= 0.3 is 0 Å². The lowest BCUT2D eigenvalue weighted by Crippen LogP contribution is -2.30. The Bertz CT molecular complexity index is 1050. The van der Waals surface area contributed by atoms with E-state index < -0.39 is 0 Å². The Hall–Kier alpha value is -3.36. The lowest BCUT2D eigenvalue weighted by atomic mass is 10.0. The molecular weight excluding hydrogens is 382 g/mol. The molecule has 0 bridgehead atoms. The highest BCUT2D eigenvalue weighted by atomic mass is 16.5. The average Bonchev–Trinajstić information content (AvgIpc) is 3.33. The van der Waals surface area contributed by atoms with Gasteiger partial charge in [0.15, 0.2) is 5.76 Å². The molecule has 9 nitrogen and oxygen atoms in total. The summed E-state index contributed by atoms with van der Waals surface area (Å²) in [5.41, 5.74) is 4.69. The van der Waals surface area contributed by atoms with Crippen molar-refractivity contribution in [2.45, 2.75) is 40.0 Å². The van der Waals surface area contributed by atoms with E-state index in [0.717, 1.165) is 41.9 Å². The van der Waals surface area contributed by atoms with Crippen LogP contribution in [0.1, 0.15) is 36.7 Å². The van der Waals surface area contributed by atoms with Crippen LogP contribution in [-0.2, 0) is 11.2 Å². The van der Waals surface area contributed by atoms with E-state index >= 15 is 0 Å². The number of amides is 1. The largest absolute Gasteiger partial charge is 0.356 e. The molecule has 156 valence electrons. The quantitative estimate of drug-likeness (QED) is 0.637. The number of carbonyl (C=O) groups is 1. The normalized spacial score (nSPS) is 13.8. The first-order valence-corrected chi connectivity index (χ1v) is 10.2. The summed E-state index contributed by atoms with van der Waals surface area (Å²) in [5.74, 6) is 1.33. The van der Waals surface area contributed by atoms with Crippen LogP contribution in [-0.4, -0.2) is 55.5 Å². The van der Waals surface area contributed by atoms with Crippen molar-refractivity contribution in [3.63, 3.8) is 0 Å². The molecule has 0 aromatic carbocycles. The zero-order valence-corrected chi connectivity index (χ0v) is 17.5. The number of hydrogen-bond acceptors (Lipinski definition) is 8. The van der Waals surface area contributed by atoms with Gasteiger partial charge in [-0.3, -0.25) is 14.8 Å². The van der Waals surface area contributed by atoms with Crippen molar-refractivity contribution in [1.82, 2.24) is 30.0 Å². The predicted molar refractivity (Wildman–Crippen MR) is 112 cm³/mol. The number of hydrogen-bond donors (Lipinski definition) is 1. The van der Waals surface area contributed by atoms with E-state index in [1.807, 2.05) is 18.7 Å². The molecule has 0 atom stereocenters. The van der Waals surface area contributed by atoms with Gasteiger partial charge in [-0.05, 0) is 26.7 Å². The van der Waals surface area contributed by atoms with Gasteiger partial charge in [0.2, 0.25) is 11.9 Å². The number of nitrogens with zero attached hydrogens (tertiary/aromatic N) is 6. The van der Waals surface area contributed by atoms with Crippen molar-refractivity contribution >= 4 is 11.9 Å². The van der Waals surface area contributed by atoms with E-state index in [0.29, 0.717) is 42.6 Å². The topological polar surface area (TPSA) is 110 Å². The molecular formula is C21H25N7O2. The van der Waals surface area contributed by atoms with Crippen LogP contribution in [0.4, 0.5) is 5.95 Å². The number of aryl methyl sites for hydroxylation is 2. The van der Waals surface area contributed by atoms with E-state index in [9.17, 15) is 4.79 Å². The molecule has 1 aliphatic heterocycles. The van der Waals surface area contributed by atoms with Crippen LogP contribution in [0.25, 0.3) is 22.7 Å². The minimum Gasteiger partial charge on any atom is -0.356 e. The molecule has 9 heteroatoms. The molecule has 1 aliphatic rings. The first-order valence-electron chi connectivity index (χ1n) is 10.2. The number of rotatable bonds is 7. The van der Waals surface area contributed by atoms with Crippen molar-refractivity contribution in [3.8, 4) is 22.7 Å². The molecule has 1 fully saturated rings. The number of nitrogens with one attached hydrogen (secondary N) is 1. The van der Waals surface area contributed by atoms with Gasteiger partial charge in [0.25, 0.3) is 0 Å². The van der Waals surface area contributed by atoms with E-state index in [1.54, 1.807) is 18.6 Å².